The van der Waals surface area contributed by atoms with Gasteiger partial charge in [-0.25, -0.2) is 4.39 Å². The molecular weight excluding hydrogens is 257 g/mol. The van der Waals surface area contributed by atoms with E-state index < -0.39 is 5.82 Å². The summed E-state index contributed by atoms with van der Waals surface area (Å²) in [7, 11) is 0. The number of para-hydroxylation sites is 3. The molecule has 0 fully saturated rings. The zero-order valence-electron chi connectivity index (χ0n) is 11.6. The molecule has 0 aromatic heterocycles. The summed E-state index contributed by atoms with van der Waals surface area (Å²) in [6.45, 7) is 4.23. The number of aromatic hydroxyl groups is 1. The fraction of sp³-hybridized carbons (Fsp3) is 0.250. The van der Waals surface area contributed by atoms with E-state index in [1.807, 2.05) is 38.1 Å². The van der Waals surface area contributed by atoms with Crippen LogP contribution in [0.2, 0.25) is 0 Å². The molecule has 0 aliphatic carbocycles. The maximum absolute atomic E-state index is 13.3. The summed E-state index contributed by atoms with van der Waals surface area (Å²) in [5.41, 5.74) is 1.31. The van der Waals surface area contributed by atoms with Crippen molar-refractivity contribution < 1.29 is 14.2 Å². The molecule has 0 saturated carbocycles. The van der Waals surface area contributed by atoms with E-state index in [1.165, 1.54) is 6.07 Å². The number of anilines is 1. The molecule has 106 valence electrons. The second-order valence-electron chi connectivity index (χ2n) is 4.76. The first-order valence-corrected chi connectivity index (χ1v) is 6.54. The van der Waals surface area contributed by atoms with Crippen molar-refractivity contribution in [2.45, 2.75) is 26.5 Å². The van der Waals surface area contributed by atoms with Crippen molar-refractivity contribution >= 4 is 5.69 Å². The molecule has 2 aromatic rings. The lowest BCUT2D eigenvalue weighted by Gasteiger charge is -2.15. The van der Waals surface area contributed by atoms with E-state index in [4.69, 9.17) is 4.74 Å². The van der Waals surface area contributed by atoms with Gasteiger partial charge in [0.15, 0.2) is 11.6 Å². The molecule has 0 heterocycles. The molecule has 3 nitrogen and oxygen atoms in total. The van der Waals surface area contributed by atoms with Crippen molar-refractivity contribution in [2.75, 3.05) is 5.32 Å². The van der Waals surface area contributed by atoms with Gasteiger partial charge in [-0.15, -0.1) is 0 Å². The molecule has 0 aliphatic rings. The van der Waals surface area contributed by atoms with Crippen LogP contribution in [0.25, 0.3) is 0 Å². The van der Waals surface area contributed by atoms with E-state index in [0.717, 1.165) is 11.4 Å². The Balaban J connectivity index is 2.13. The van der Waals surface area contributed by atoms with Crippen molar-refractivity contribution in [3.05, 3.63) is 53.8 Å². The fourth-order valence-electron chi connectivity index (χ4n) is 1.86. The van der Waals surface area contributed by atoms with Crippen LogP contribution in [0.3, 0.4) is 0 Å². The molecular formula is C16H18FNO2. The highest BCUT2D eigenvalue weighted by Gasteiger charge is 2.08. The lowest BCUT2D eigenvalue weighted by Crippen LogP contribution is -2.08. The van der Waals surface area contributed by atoms with Gasteiger partial charge in [0.25, 0.3) is 0 Å². The molecule has 2 N–H and O–H groups in total. The summed E-state index contributed by atoms with van der Waals surface area (Å²) >= 11 is 0. The van der Waals surface area contributed by atoms with E-state index in [-0.39, 0.29) is 11.9 Å². The summed E-state index contributed by atoms with van der Waals surface area (Å²) < 4.78 is 18.9. The van der Waals surface area contributed by atoms with Gasteiger partial charge in [-0.1, -0.05) is 24.3 Å². The van der Waals surface area contributed by atoms with Crippen molar-refractivity contribution in [2.24, 2.45) is 0 Å². The number of ether oxygens (including phenoxy) is 1. The van der Waals surface area contributed by atoms with Crippen molar-refractivity contribution in [1.82, 2.24) is 0 Å². The van der Waals surface area contributed by atoms with E-state index in [2.05, 4.69) is 5.32 Å². The molecule has 0 unspecified atom stereocenters. The van der Waals surface area contributed by atoms with Crippen LogP contribution in [0.1, 0.15) is 19.4 Å². The number of halogens is 1. The molecule has 0 amide bonds. The summed E-state index contributed by atoms with van der Waals surface area (Å²) in [5.74, 6) is -0.198. The maximum Gasteiger partial charge on any atom is 0.165 e. The standard InChI is InChI=1S/C16H18FNO2/c1-11(2)20-15-9-4-3-8-14(15)18-10-12-6-5-7-13(17)16(12)19/h3-9,11,18-19H,10H2,1-2H3. The SMILES string of the molecule is CC(C)Oc1ccccc1NCc1cccc(F)c1O. The topological polar surface area (TPSA) is 41.5 Å². The van der Waals surface area contributed by atoms with Gasteiger partial charge >= 0.3 is 0 Å². The highest BCUT2D eigenvalue weighted by molar-refractivity contribution is 5.56. The van der Waals surface area contributed by atoms with Gasteiger partial charge in [-0.05, 0) is 32.0 Å². The van der Waals surface area contributed by atoms with Gasteiger partial charge in [-0.3, -0.25) is 0 Å². The zero-order valence-corrected chi connectivity index (χ0v) is 11.6. The molecule has 0 aliphatic heterocycles. The second kappa shape index (κ2) is 6.28. The highest BCUT2D eigenvalue weighted by Crippen LogP contribution is 2.27. The Morgan fingerprint density at radius 1 is 1.15 bits per heavy atom. The van der Waals surface area contributed by atoms with E-state index in [1.54, 1.807) is 12.1 Å². The minimum Gasteiger partial charge on any atom is -0.505 e. The van der Waals surface area contributed by atoms with Crippen molar-refractivity contribution in [3.8, 4) is 11.5 Å². The molecule has 20 heavy (non-hydrogen) atoms. The number of hydrogen-bond acceptors (Lipinski definition) is 3. The summed E-state index contributed by atoms with van der Waals surface area (Å²) in [4.78, 5) is 0. The predicted octanol–water partition coefficient (Wildman–Crippen LogP) is 3.93. The van der Waals surface area contributed by atoms with Gasteiger partial charge in [-0.2, -0.15) is 0 Å². The third-order valence-electron chi connectivity index (χ3n) is 2.79. The van der Waals surface area contributed by atoms with Crippen LogP contribution >= 0.6 is 0 Å². The molecule has 0 radical (unpaired) electrons. The Morgan fingerprint density at radius 2 is 1.90 bits per heavy atom. The Hall–Kier alpha value is -2.23. The van der Waals surface area contributed by atoms with Crippen LogP contribution in [0.5, 0.6) is 11.5 Å². The summed E-state index contributed by atoms with van der Waals surface area (Å²) in [6, 6.07) is 12.0. The first-order valence-electron chi connectivity index (χ1n) is 6.54. The smallest absolute Gasteiger partial charge is 0.165 e. The summed E-state index contributed by atoms with van der Waals surface area (Å²) in [6.07, 6.45) is 0.0699. The Kier molecular flexibility index (Phi) is 4.45. The minimum absolute atomic E-state index is 0.0699. The number of hydrogen-bond donors (Lipinski definition) is 2. The van der Waals surface area contributed by atoms with Gasteiger partial charge in [0, 0.05) is 12.1 Å². The van der Waals surface area contributed by atoms with Crippen LogP contribution in [0, 0.1) is 5.82 Å². The molecule has 4 heteroatoms. The highest BCUT2D eigenvalue weighted by atomic mass is 19.1. The van der Waals surface area contributed by atoms with Crippen molar-refractivity contribution in [1.29, 1.82) is 0 Å². The predicted molar refractivity (Wildman–Crippen MR) is 77.6 cm³/mol. The van der Waals surface area contributed by atoms with Gasteiger partial charge in [0.05, 0.1) is 11.8 Å². The molecule has 2 aromatic carbocycles. The number of phenolic OH excluding ortho intramolecular Hbond substituents is 1. The third kappa shape index (κ3) is 3.41. The molecule has 0 saturated heterocycles. The molecule has 0 atom stereocenters. The van der Waals surface area contributed by atoms with E-state index in [9.17, 15) is 9.50 Å². The van der Waals surface area contributed by atoms with Crippen LogP contribution in [0.4, 0.5) is 10.1 Å². The Bertz CT molecular complexity index is 584. The fourth-order valence-corrected chi connectivity index (χ4v) is 1.86. The maximum atomic E-state index is 13.3. The quantitative estimate of drug-likeness (QED) is 0.868. The van der Waals surface area contributed by atoms with Crippen LogP contribution in [-0.2, 0) is 6.54 Å². The average Bonchev–Trinajstić information content (AvgIpc) is 2.41. The van der Waals surface area contributed by atoms with E-state index in [0.29, 0.717) is 12.1 Å². The van der Waals surface area contributed by atoms with Gasteiger partial charge in [0.1, 0.15) is 5.75 Å². The normalized spacial score (nSPS) is 10.6. The van der Waals surface area contributed by atoms with Crippen LogP contribution in [0.15, 0.2) is 42.5 Å². The van der Waals surface area contributed by atoms with Crippen LogP contribution in [-0.4, -0.2) is 11.2 Å². The lowest BCUT2D eigenvalue weighted by atomic mass is 10.2. The molecule has 2 rings (SSSR count). The average molecular weight is 275 g/mol. The number of benzene rings is 2. The number of rotatable bonds is 5. The largest absolute Gasteiger partial charge is 0.505 e. The Labute approximate surface area is 118 Å². The molecule has 0 bridgehead atoms. The van der Waals surface area contributed by atoms with Gasteiger partial charge in [0.2, 0.25) is 0 Å². The lowest BCUT2D eigenvalue weighted by molar-refractivity contribution is 0.243. The van der Waals surface area contributed by atoms with Crippen molar-refractivity contribution in [3.63, 3.8) is 0 Å². The summed E-state index contributed by atoms with van der Waals surface area (Å²) in [5, 5.41) is 12.8. The number of nitrogens with one attached hydrogen (secondary N) is 1. The van der Waals surface area contributed by atoms with E-state index >= 15 is 0 Å². The van der Waals surface area contributed by atoms with Gasteiger partial charge < -0.3 is 15.2 Å². The van der Waals surface area contributed by atoms with Crippen LogP contribution < -0.4 is 10.1 Å². The third-order valence-corrected chi connectivity index (χ3v) is 2.79. The number of phenols is 1. The zero-order chi connectivity index (χ0) is 14.5. The minimum atomic E-state index is -0.615. The monoisotopic (exact) mass is 275 g/mol. The second-order valence-corrected chi connectivity index (χ2v) is 4.76. The molecule has 0 spiro atoms. The first kappa shape index (κ1) is 14.2. The first-order chi connectivity index (χ1) is 9.58. The Morgan fingerprint density at radius 3 is 2.65 bits per heavy atom.